The number of hydrogen-bond donors (Lipinski definition) is 0. The lowest BCUT2D eigenvalue weighted by atomic mass is 10.2. The van der Waals surface area contributed by atoms with Gasteiger partial charge in [0, 0.05) is 18.5 Å². The standard InChI is InChI=1S/C19H18N4O4S/c1-12-8-21-15(9-20-12)18(25)27-10-14-11-28-19(22-14)23(13(2)24)16-6-4-5-7-17(16)26-3/h4-9,11H,10H2,1-3H3. The average Bonchev–Trinajstić information content (AvgIpc) is 3.15. The molecule has 1 aromatic carbocycles. The van der Waals surface area contributed by atoms with Gasteiger partial charge in [0.2, 0.25) is 5.91 Å². The van der Waals surface area contributed by atoms with Gasteiger partial charge in [0.1, 0.15) is 12.4 Å². The van der Waals surface area contributed by atoms with Crippen molar-refractivity contribution in [2.75, 3.05) is 12.0 Å². The van der Waals surface area contributed by atoms with E-state index in [1.807, 2.05) is 12.1 Å². The zero-order valence-electron chi connectivity index (χ0n) is 15.6. The Kier molecular flexibility index (Phi) is 5.95. The van der Waals surface area contributed by atoms with Crippen molar-refractivity contribution in [3.63, 3.8) is 0 Å². The number of esters is 1. The molecule has 8 nitrogen and oxygen atoms in total. The van der Waals surface area contributed by atoms with E-state index in [4.69, 9.17) is 9.47 Å². The van der Waals surface area contributed by atoms with Crippen LogP contribution in [0.5, 0.6) is 5.75 Å². The van der Waals surface area contributed by atoms with Crippen molar-refractivity contribution in [1.29, 1.82) is 0 Å². The summed E-state index contributed by atoms with van der Waals surface area (Å²) in [4.78, 5) is 38.2. The normalized spacial score (nSPS) is 10.4. The quantitative estimate of drug-likeness (QED) is 0.588. The minimum absolute atomic E-state index is 0.0391. The number of carbonyl (C=O) groups excluding carboxylic acids is 2. The highest BCUT2D eigenvalue weighted by Crippen LogP contribution is 2.35. The molecular weight excluding hydrogens is 380 g/mol. The molecule has 0 bridgehead atoms. The maximum absolute atomic E-state index is 12.2. The van der Waals surface area contributed by atoms with E-state index in [-0.39, 0.29) is 18.2 Å². The summed E-state index contributed by atoms with van der Waals surface area (Å²) in [6.07, 6.45) is 2.86. The predicted octanol–water partition coefficient (Wildman–Crippen LogP) is 3.29. The summed E-state index contributed by atoms with van der Waals surface area (Å²) in [7, 11) is 1.54. The molecule has 0 spiro atoms. The van der Waals surface area contributed by atoms with Crippen molar-refractivity contribution < 1.29 is 19.1 Å². The maximum atomic E-state index is 12.2. The molecule has 0 aliphatic rings. The topological polar surface area (TPSA) is 94.5 Å². The van der Waals surface area contributed by atoms with Crippen molar-refractivity contribution in [3.8, 4) is 5.75 Å². The van der Waals surface area contributed by atoms with Crippen LogP contribution in [-0.4, -0.2) is 33.9 Å². The first kappa shape index (κ1) is 19.4. The first-order valence-corrected chi connectivity index (χ1v) is 9.21. The van der Waals surface area contributed by atoms with E-state index in [1.54, 1.807) is 24.4 Å². The van der Waals surface area contributed by atoms with Crippen molar-refractivity contribution in [1.82, 2.24) is 15.0 Å². The Hall–Kier alpha value is -3.33. The highest BCUT2D eigenvalue weighted by Gasteiger charge is 2.21. The lowest BCUT2D eigenvalue weighted by Crippen LogP contribution is -2.23. The van der Waals surface area contributed by atoms with Crippen LogP contribution in [0.3, 0.4) is 0 Å². The van der Waals surface area contributed by atoms with E-state index in [1.165, 1.54) is 42.7 Å². The average molecular weight is 398 g/mol. The lowest BCUT2D eigenvalue weighted by Gasteiger charge is -2.20. The number of rotatable bonds is 6. The van der Waals surface area contributed by atoms with Gasteiger partial charge in [-0.2, -0.15) is 0 Å². The third-order valence-electron chi connectivity index (χ3n) is 3.71. The number of anilines is 2. The maximum Gasteiger partial charge on any atom is 0.358 e. The highest BCUT2D eigenvalue weighted by atomic mass is 32.1. The molecule has 0 aliphatic heterocycles. The number of hydrogen-bond acceptors (Lipinski definition) is 8. The van der Waals surface area contributed by atoms with Crippen LogP contribution in [-0.2, 0) is 16.1 Å². The van der Waals surface area contributed by atoms with Gasteiger partial charge in [0.15, 0.2) is 10.8 Å². The lowest BCUT2D eigenvalue weighted by molar-refractivity contribution is -0.115. The Morgan fingerprint density at radius 3 is 2.64 bits per heavy atom. The van der Waals surface area contributed by atoms with E-state index in [9.17, 15) is 9.59 Å². The van der Waals surface area contributed by atoms with Crippen molar-refractivity contribution in [3.05, 3.63) is 59.1 Å². The molecule has 0 atom stereocenters. The molecule has 9 heteroatoms. The van der Waals surface area contributed by atoms with Gasteiger partial charge in [0.25, 0.3) is 0 Å². The number of nitrogens with zero attached hydrogens (tertiary/aromatic N) is 4. The molecule has 144 valence electrons. The Bertz CT molecular complexity index is 988. The van der Waals surface area contributed by atoms with Gasteiger partial charge < -0.3 is 9.47 Å². The summed E-state index contributed by atoms with van der Waals surface area (Å²) in [5.41, 5.74) is 1.95. The summed E-state index contributed by atoms with van der Waals surface area (Å²) >= 11 is 1.27. The summed E-state index contributed by atoms with van der Waals surface area (Å²) < 4.78 is 10.6. The monoisotopic (exact) mass is 398 g/mol. The molecule has 2 aromatic heterocycles. The van der Waals surface area contributed by atoms with E-state index in [2.05, 4.69) is 15.0 Å². The largest absolute Gasteiger partial charge is 0.495 e. The summed E-state index contributed by atoms with van der Waals surface area (Å²) in [6.45, 7) is 3.19. The van der Waals surface area contributed by atoms with Crippen LogP contribution in [0.2, 0.25) is 0 Å². The third kappa shape index (κ3) is 4.32. The molecule has 0 unspecified atom stereocenters. The van der Waals surface area contributed by atoms with Gasteiger partial charge in [0.05, 0.1) is 30.4 Å². The number of benzene rings is 1. The third-order valence-corrected chi connectivity index (χ3v) is 4.59. The van der Waals surface area contributed by atoms with Crippen LogP contribution in [0.1, 0.15) is 28.8 Å². The smallest absolute Gasteiger partial charge is 0.358 e. The minimum atomic E-state index is -0.588. The number of aryl methyl sites for hydroxylation is 1. The van der Waals surface area contributed by atoms with Crippen LogP contribution >= 0.6 is 11.3 Å². The van der Waals surface area contributed by atoms with E-state index < -0.39 is 5.97 Å². The van der Waals surface area contributed by atoms with E-state index in [0.29, 0.717) is 28.0 Å². The van der Waals surface area contributed by atoms with E-state index in [0.717, 1.165) is 0 Å². The molecule has 0 saturated carbocycles. The second-order valence-electron chi connectivity index (χ2n) is 5.77. The van der Waals surface area contributed by atoms with Crippen molar-refractivity contribution in [2.45, 2.75) is 20.5 Å². The van der Waals surface area contributed by atoms with Gasteiger partial charge in [-0.25, -0.2) is 14.8 Å². The zero-order valence-corrected chi connectivity index (χ0v) is 16.4. The molecule has 0 aliphatic carbocycles. The van der Waals surface area contributed by atoms with Gasteiger partial charge in [-0.1, -0.05) is 12.1 Å². The van der Waals surface area contributed by atoms with Crippen LogP contribution in [0, 0.1) is 6.92 Å². The molecule has 0 saturated heterocycles. The van der Waals surface area contributed by atoms with Crippen LogP contribution < -0.4 is 9.64 Å². The predicted molar refractivity (Wildman–Crippen MR) is 104 cm³/mol. The second kappa shape index (κ2) is 8.57. The number of amides is 1. The molecule has 3 aromatic rings. The zero-order chi connectivity index (χ0) is 20.1. The summed E-state index contributed by atoms with van der Waals surface area (Å²) in [6, 6.07) is 7.18. The van der Waals surface area contributed by atoms with E-state index >= 15 is 0 Å². The summed E-state index contributed by atoms with van der Waals surface area (Å²) in [5.74, 6) is -0.244. The number of aromatic nitrogens is 3. The fourth-order valence-electron chi connectivity index (χ4n) is 2.40. The Morgan fingerprint density at radius 2 is 1.96 bits per heavy atom. The molecule has 1 amide bonds. The molecule has 28 heavy (non-hydrogen) atoms. The van der Waals surface area contributed by atoms with Crippen LogP contribution in [0.25, 0.3) is 0 Å². The Labute approximate surface area is 165 Å². The molecule has 3 rings (SSSR count). The van der Waals surface area contributed by atoms with Gasteiger partial charge >= 0.3 is 5.97 Å². The first-order chi connectivity index (χ1) is 13.5. The van der Waals surface area contributed by atoms with Crippen molar-refractivity contribution in [2.24, 2.45) is 0 Å². The van der Waals surface area contributed by atoms with Crippen LogP contribution in [0.15, 0.2) is 42.0 Å². The number of thiazole rings is 1. The Balaban J connectivity index is 1.75. The van der Waals surface area contributed by atoms with Gasteiger partial charge in [-0.15, -0.1) is 11.3 Å². The first-order valence-electron chi connectivity index (χ1n) is 8.33. The van der Waals surface area contributed by atoms with Crippen LogP contribution in [0.4, 0.5) is 10.8 Å². The minimum Gasteiger partial charge on any atom is -0.495 e. The molecular formula is C19H18N4O4S. The number of para-hydroxylation sites is 2. The second-order valence-corrected chi connectivity index (χ2v) is 6.60. The molecule has 0 radical (unpaired) electrons. The highest BCUT2D eigenvalue weighted by molar-refractivity contribution is 7.14. The number of methoxy groups -OCH3 is 1. The Morgan fingerprint density at radius 1 is 1.18 bits per heavy atom. The van der Waals surface area contributed by atoms with Crippen molar-refractivity contribution >= 4 is 34.0 Å². The van der Waals surface area contributed by atoms with Gasteiger partial charge in [-0.3, -0.25) is 14.7 Å². The number of carbonyl (C=O) groups is 2. The number of ether oxygens (including phenoxy) is 2. The fourth-order valence-corrected chi connectivity index (χ4v) is 3.26. The molecule has 0 N–H and O–H groups in total. The SMILES string of the molecule is COc1ccccc1N(C(C)=O)c1nc(COC(=O)c2cnc(C)cn2)cs1. The molecule has 2 heterocycles. The summed E-state index contributed by atoms with van der Waals surface area (Å²) in [5, 5.41) is 2.19. The molecule has 0 fully saturated rings. The van der Waals surface area contributed by atoms with Gasteiger partial charge in [-0.05, 0) is 19.1 Å². The fraction of sp³-hybridized carbons (Fsp3) is 0.211.